The third kappa shape index (κ3) is 2.20. The van der Waals surface area contributed by atoms with E-state index in [1.807, 2.05) is 54.9 Å². The normalized spacial score (nSPS) is 11.5. The van der Waals surface area contributed by atoms with Crippen LogP contribution in [-0.4, -0.2) is 16.2 Å². The number of rotatable bonds is 3. The number of pyridine rings is 1. The minimum Gasteiger partial charge on any atom is -0.361 e. The molecule has 4 aromatic rings. The lowest BCUT2D eigenvalue weighted by atomic mass is 10.2. The smallest absolute Gasteiger partial charge is 0.0951 e. The molecular formula is C18H14N4. The van der Waals surface area contributed by atoms with Gasteiger partial charge in [0.25, 0.3) is 0 Å². The topological polar surface area (TPSA) is 53.1 Å². The highest BCUT2D eigenvalue weighted by molar-refractivity contribution is 5.99. The van der Waals surface area contributed by atoms with E-state index in [0.717, 1.165) is 33.1 Å². The van der Waals surface area contributed by atoms with Crippen molar-refractivity contribution in [1.82, 2.24) is 9.97 Å². The number of para-hydroxylation sites is 2. The number of nitrogens with one attached hydrogen (secondary N) is 2. The largest absolute Gasteiger partial charge is 0.361 e. The lowest BCUT2D eigenvalue weighted by Gasteiger charge is -2.03. The zero-order chi connectivity index (χ0) is 14.8. The number of fused-ring (bicyclic) bond motifs is 2. The molecule has 0 saturated carbocycles. The van der Waals surface area contributed by atoms with Crippen LogP contribution < -0.4 is 5.43 Å². The molecule has 0 saturated heterocycles. The van der Waals surface area contributed by atoms with Gasteiger partial charge >= 0.3 is 0 Å². The number of H-pyrrole nitrogens is 1. The molecule has 0 spiro atoms. The summed E-state index contributed by atoms with van der Waals surface area (Å²) in [6.45, 7) is 0. The molecule has 106 valence electrons. The molecule has 4 rings (SSSR count). The molecule has 0 amide bonds. The molecular weight excluding hydrogens is 272 g/mol. The number of aromatic nitrogens is 2. The second-order valence-electron chi connectivity index (χ2n) is 5.04. The Kier molecular flexibility index (Phi) is 3.05. The maximum Gasteiger partial charge on any atom is 0.0951 e. The number of hydrazone groups is 1. The Morgan fingerprint density at radius 3 is 2.91 bits per heavy atom. The van der Waals surface area contributed by atoms with Crippen molar-refractivity contribution < 1.29 is 0 Å². The van der Waals surface area contributed by atoms with E-state index in [-0.39, 0.29) is 0 Å². The van der Waals surface area contributed by atoms with Crippen LogP contribution in [0.4, 0.5) is 5.69 Å². The fourth-order valence-electron chi connectivity index (χ4n) is 2.57. The molecule has 0 aliphatic carbocycles. The molecule has 2 N–H and O–H groups in total. The van der Waals surface area contributed by atoms with E-state index < -0.39 is 0 Å². The summed E-state index contributed by atoms with van der Waals surface area (Å²) in [5.74, 6) is 0. The molecule has 22 heavy (non-hydrogen) atoms. The van der Waals surface area contributed by atoms with Crippen LogP contribution in [0, 0.1) is 0 Å². The summed E-state index contributed by atoms with van der Waals surface area (Å²) < 4.78 is 0. The first kappa shape index (κ1) is 12.6. The molecule has 0 atom stereocenters. The van der Waals surface area contributed by atoms with Gasteiger partial charge in [-0.15, -0.1) is 0 Å². The summed E-state index contributed by atoms with van der Waals surface area (Å²) in [4.78, 5) is 7.64. The maximum atomic E-state index is 4.40. The standard InChI is InChI=1S/C18H14N4/c1-2-8-16-15(7-1)14(11-20-16)12-21-22-17-9-3-5-13-6-4-10-19-18(13)17/h1-12,20,22H/b21-12+. The lowest BCUT2D eigenvalue weighted by molar-refractivity contribution is 1.33. The van der Waals surface area contributed by atoms with Gasteiger partial charge < -0.3 is 4.98 Å². The van der Waals surface area contributed by atoms with Crippen LogP contribution in [0.3, 0.4) is 0 Å². The van der Waals surface area contributed by atoms with Crippen LogP contribution in [0.5, 0.6) is 0 Å². The summed E-state index contributed by atoms with van der Waals surface area (Å²) in [6, 6.07) is 18.1. The Morgan fingerprint density at radius 1 is 1.00 bits per heavy atom. The maximum absolute atomic E-state index is 4.40. The molecule has 4 heteroatoms. The molecule has 0 aliphatic rings. The van der Waals surface area contributed by atoms with Gasteiger partial charge in [-0.05, 0) is 18.2 Å². The Labute approximate surface area is 127 Å². The van der Waals surface area contributed by atoms with Gasteiger partial charge in [0.2, 0.25) is 0 Å². The minimum atomic E-state index is 0.897. The Morgan fingerprint density at radius 2 is 1.91 bits per heavy atom. The molecule has 0 fully saturated rings. The van der Waals surface area contributed by atoms with Crippen LogP contribution in [0.25, 0.3) is 21.8 Å². The third-order valence-corrected chi connectivity index (χ3v) is 3.64. The van der Waals surface area contributed by atoms with Crippen molar-refractivity contribution in [2.75, 3.05) is 5.43 Å². The Bertz CT molecular complexity index is 964. The first-order valence-corrected chi connectivity index (χ1v) is 7.11. The van der Waals surface area contributed by atoms with E-state index in [0.29, 0.717) is 0 Å². The van der Waals surface area contributed by atoms with Gasteiger partial charge in [-0.25, -0.2) is 0 Å². The van der Waals surface area contributed by atoms with E-state index in [9.17, 15) is 0 Å². The van der Waals surface area contributed by atoms with Crippen molar-refractivity contribution in [2.24, 2.45) is 5.10 Å². The van der Waals surface area contributed by atoms with Gasteiger partial charge in [0.05, 0.1) is 17.4 Å². The molecule has 4 nitrogen and oxygen atoms in total. The van der Waals surface area contributed by atoms with E-state index >= 15 is 0 Å². The number of anilines is 1. The van der Waals surface area contributed by atoms with Gasteiger partial charge in [0.1, 0.15) is 0 Å². The summed E-state index contributed by atoms with van der Waals surface area (Å²) in [6.07, 6.45) is 5.56. The average molecular weight is 286 g/mol. The molecule has 2 heterocycles. The van der Waals surface area contributed by atoms with Gasteiger partial charge in [-0.1, -0.05) is 36.4 Å². The van der Waals surface area contributed by atoms with Crippen molar-refractivity contribution in [3.05, 3.63) is 72.6 Å². The van der Waals surface area contributed by atoms with Crippen molar-refractivity contribution in [1.29, 1.82) is 0 Å². The second-order valence-corrected chi connectivity index (χ2v) is 5.04. The lowest BCUT2D eigenvalue weighted by Crippen LogP contribution is -1.92. The van der Waals surface area contributed by atoms with Gasteiger partial charge in [0, 0.05) is 34.2 Å². The summed E-state index contributed by atoms with van der Waals surface area (Å²) >= 11 is 0. The van der Waals surface area contributed by atoms with Crippen molar-refractivity contribution >= 4 is 33.7 Å². The number of hydrogen-bond acceptors (Lipinski definition) is 3. The van der Waals surface area contributed by atoms with Gasteiger partial charge in [-0.3, -0.25) is 10.4 Å². The van der Waals surface area contributed by atoms with Crippen molar-refractivity contribution in [3.63, 3.8) is 0 Å². The highest BCUT2D eigenvalue weighted by Crippen LogP contribution is 2.21. The molecule has 2 aromatic carbocycles. The summed E-state index contributed by atoms with van der Waals surface area (Å²) in [5.41, 5.74) is 7.06. The molecule has 0 bridgehead atoms. The van der Waals surface area contributed by atoms with Crippen LogP contribution >= 0.6 is 0 Å². The summed E-state index contributed by atoms with van der Waals surface area (Å²) in [7, 11) is 0. The SMILES string of the molecule is C(=N\Nc1cccc2cccnc12)/c1c[nH]c2ccccc12. The molecule has 0 unspecified atom stereocenters. The number of nitrogens with zero attached hydrogens (tertiary/aromatic N) is 2. The predicted octanol–water partition coefficient (Wildman–Crippen LogP) is 4.16. The second kappa shape index (κ2) is 5.33. The van der Waals surface area contributed by atoms with Gasteiger partial charge in [-0.2, -0.15) is 5.10 Å². The zero-order valence-electron chi connectivity index (χ0n) is 11.8. The minimum absolute atomic E-state index is 0.897. The van der Waals surface area contributed by atoms with Crippen LogP contribution in [0.2, 0.25) is 0 Å². The quantitative estimate of drug-likeness (QED) is 0.439. The van der Waals surface area contributed by atoms with E-state index in [1.54, 1.807) is 6.20 Å². The average Bonchev–Trinajstić information content (AvgIpc) is 2.99. The van der Waals surface area contributed by atoms with E-state index in [2.05, 4.69) is 32.6 Å². The monoisotopic (exact) mass is 286 g/mol. The van der Waals surface area contributed by atoms with Crippen LogP contribution in [0.15, 0.2) is 72.1 Å². The molecule has 0 radical (unpaired) electrons. The highest BCUT2D eigenvalue weighted by atomic mass is 15.3. The van der Waals surface area contributed by atoms with Gasteiger partial charge in [0.15, 0.2) is 0 Å². The van der Waals surface area contributed by atoms with Crippen LogP contribution in [-0.2, 0) is 0 Å². The fourth-order valence-corrected chi connectivity index (χ4v) is 2.57. The van der Waals surface area contributed by atoms with Crippen LogP contribution in [0.1, 0.15) is 5.56 Å². The summed E-state index contributed by atoms with van der Waals surface area (Å²) in [5, 5.41) is 6.60. The third-order valence-electron chi connectivity index (χ3n) is 3.64. The molecule has 2 aromatic heterocycles. The number of benzene rings is 2. The van der Waals surface area contributed by atoms with E-state index in [1.165, 1.54) is 0 Å². The van der Waals surface area contributed by atoms with Crippen molar-refractivity contribution in [2.45, 2.75) is 0 Å². The fraction of sp³-hybridized carbons (Fsp3) is 0. The number of hydrogen-bond donors (Lipinski definition) is 2. The zero-order valence-corrected chi connectivity index (χ0v) is 11.8. The predicted molar refractivity (Wildman–Crippen MR) is 91.3 cm³/mol. The first-order valence-electron chi connectivity index (χ1n) is 7.11. The van der Waals surface area contributed by atoms with Crippen molar-refractivity contribution in [3.8, 4) is 0 Å². The molecule has 0 aliphatic heterocycles. The first-order chi connectivity index (χ1) is 10.9. The Balaban J connectivity index is 1.64. The Hall–Kier alpha value is -3.14. The highest BCUT2D eigenvalue weighted by Gasteiger charge is 2.01. The number of aromatic amines is 1. The van der Waals surface area contributed by atoms with E-state index in [4.69, 9.17) is 0 Å².